The first-order valence-electron chi connectivity index (χ1n) is 5.12. The molecule has 84 valence electrons. The summed E-state index contributed by atoms with van der Waals surface area (Å²) in [7, 11) is 0. The average Bonchev–Trinajstić information content (AvgIpc) is 2.64. The van der Waals surface area contributed by atoms with Crippen molar-refractivity contribution in [3.05, 3.63) is 35.0 Å². The van der Waals surface area contributed by atoms with Crippen molar-refractivity contribution in [1.82, 2.24) is 19.7 Å². The van der Waals surface area contributed by atoms with Crippen molar-refractivity contribution in [2.45, 2.75) is 26.7 Å². The summed E-state index contributed by atoms with van der Waals surface area (Å²) < 4.78 is 1.59. The van der Waals surface area contributed by atoms with Crippen LogP contribution in [0.15, 0.2) is 18.6 Å². The molecule has 0 fully saturated rings. The summed E-state index contributed by atoms with van der Waals surface area (Å²) in [5, 5.41) is 4.77. The third-order valence-corrected chi connectivity index (χ3v) is 2.61. The molecule has 0 saturated carbocycles. The van der Waals surface area contributed by atoms with Gasteiger partial charge in [0.15, 0.2) is 5.82 Å². The molecule has 0 aromatic carbocycles. The van der Waals surface area contributed by atoms with E-state index in [1.165, 1.54) is 0 Å². The van der Waals surface area contributed by atoms with Crippen LogP contribution in [0.4, 0.5) is 0 Å². The Balaban J connectivity index is 2.44. The highest BCUT2D eigenvalue weighted by Crippen LogP contribution is 2.22. The second-order valence-corrected chi connectivity index (χ2v) is 4.37. The summed E-state index contributed by atoms with van der Waals surface area (Å²) in [6, 6.07) is 1.92. The lowest BCUT2D eigenvalue weighted by Crippen LogP contribution is -2.01. The third kappa shape index (κ3) is 2.07. The number of aryl methyl sites for hydroxylation is 1. The molecular weight excluding hydrogens is 224 g/mol. The van der Waals surface area contributed by atoms with Crippen molar-refractivity contribution < 1.29 is 0 Å². The first-order valence-corrected chi connectivity index (χ1v) is 5.50. The van der Waals surface area contributed by atoms with Gasteiger partial charge in [0.25, 0.3) is 0 Å². The molecule has 2 heterocycles. The van der Waals surface area contributed by atoms with Crippen molar-refractivity contribution in [3.63, 3.8) is 0 Å². The molecule has 0 unspecified atom stereocenters. The van der Waals surface area contributed by atoms with Gasteiger partial charge >= 0.3 is 0 Å². The number of halogens is 1. The lowest BCUT2D eigenvalue weighted by Gasteiger charge is -2.07. The van der Waals surface area contributed by atoms with Gasteiger partial charge in [0.05, 0.1) is 5.02 Å². The van der Waals surface area contributed by atoms with E-state index in [9.17, 15) is 0 Å². The van der Waals surface area contributed by atoms with Gasteiger partial charge in [-0.1, -0.05) is 25.4 Å². The van der Waals surface area contributed by atoms with Gasteiger partial charge in [-0.15, -0.1) is 0 Å². The molecule has 16 heavy (non-hydrogen) atoms. The SMILES string of the molecule is Cc1ncn(-c2ncc(C(C)C)cc2Cl)n1. The van der Waals surface area contributed by atoms with E-state index in [0.29, 0.717) is 22.6 Å². The standard InChI is InChI=1S/C11H13ClN4/c1-7(2)9-4-10(12)11(13-5-9)16-6-14-8(3)15-16/h4-7H,1-3H3. The number of rotatable bonds is 2. The zero-order chi connectivity index (χ0) is 11.7. The number of nitrogens with zero attached hydrogens (tertiary/aromatic N) is 4. The van der Waals surface area contributed by atoms with Gasteiger partial charge in [-0.25, -0.2) is 14.6 Å². The van der Waals surface area contributed by atoms with Gasteiger partial charge in [0.2, 0.25) is 0 Å². The van der Waals surface area contributed by atoms with Crippen LogP contribution in [-0.4, -0.2) is 19.7 Å². The molecule has 0 aliphatic heterocycles. The van der Waals surface area contributed by atoms with E-state index < -0.39 is 0 Å². The van der Waals surface area contributed by atoms with Gasteiger partial charge in [-0.05, 0) is 24.5 Å². The topological polar surface area (TPSA) is 43.6 Å². The Morgan fingerprint density at radius 3 is 2.56 bits per heavy atom. The molecule has 2 aromatic rings. The molecule has 2 rings (SSSR count). The predicted octanol–water partition coefficient (Wildman–Crippen LogP) is 2.75. The Morgan fingerprint density at radius 1 is 1.31 bits per heavy atom. The van der Waals surface area contributed by atoms with E-state index in [4.69, 9.17) is 11.6 Å². The highest BCUT2D eigenvalue weighted by Gasteiger charge is 2.09. The second kappa shape index (κ2) is 4.22. The van der Waals surface area contributed by atoms with Crippen LogP contribution in [-0.2, 0) is 0 Å². The summed E-state index contributed by atoms with van der Waals surface area (Å²) >= 11 is 6.17. The van der Waals surface area contributed by atoms with Crippen LogP contribution in [0, 0.1) is 6.92 Å². The van der Waals surface area contributed by atoms with E-state index in [0.717, 1.165) is 5.56 Å². The van der Waals surface area contributed by atoms with Gasteiger partial charge in [-0.3, -0.25) is 0 Å². The van der Waals surface area contributed by atoms with Crippen LogP contribution in [0.5, 0.6) is 0 Å². The lowest BCUT2D eigenvalue weighted by atomic mass is 10.1. The molecule has 0 aliphatic carbocycles. The largest absolute Gasteiger partial charge is 0.235 e. The number of hydrogen-bond acceptors (Lipinski definition) is 3. The van der Waals surface area contributed by atoms with Crippen molar-refractivity contribution in [2.75, 3.05) is 0 Å². The summed E-state index contributed by atoms with van der Waals surface area (Å²) in [5.41, 5.74) is 1.12. The van der Waals surface area contributed by atoms with Crippen LogP contribution < -0.4 is 0 Å². The Kier molecular flexibility index (Phi) is 2.92. The zero-order valence-corrected chi connectivity index (χ0v) is 10.2. The van der Waals surface area contributed by atoms with E-state index in [1.54, 1.807) is 11.0 Å². The molecule has 0 saturated heterocycles. The fourth-order valence-corrected chi connectivity index (χ4v) is 1.64. The first kappa shape index (κ1) is 11.1. The van der Waals surface area contributed by atoms with Crippen LogP contribution in [0.2, 0.25) is 5.02 Å². The average molecular weight is 237 g/mol. The summed E-state index contributed by atoms with van der Waals surface area (Å²) in [4.78, 5) is 8.36. The minimum atomic E-state index is 0.413. The molecule has 5 heteroatoms. The normalized spacial score (nSPS) is 11.1. The van der Waals surface area contributed by atoms with Crippen LogP contribution in [0.1, 0.15) is 31.2 Å². The smallest absolute Gasteiger partial charge is 0.173 e. The molecule has 0 bridgehead atoms. The minimum absolute atomic E-state index is 0.413. The van der Waals surface area contributed by atoms with Gasteiger partial charge in [-0.2, -0.15) is 5.10 Å². The fourth-order valence-electron chi connectivity index (χ4n) is 1.38. The highest BCUT2D eigenvalue weighted by atomic mass is 35.5. The van der Waals surface area contributed by atoms with Gasteiger partial charge in [0.1, 0.15) is 12.2 Å². The minimum Gasteiger partial charge on any atom is -0.235 e. The maximum Gasteiger partial charge on any atom is 0.173 e. The molecule has 0 atom stereocenters. The molecule has 0 spiro atoms. The van der Waals surface area contributed by atoms with Crippen molar-refractivity contribution >= 4 is 11.6 Å². The maximum absolute atomic E-state index is 6.17. The van der Waals surface area contributed by atoms with E-state index >= 15 is 0 Å². The van der Waals surface area contributed by atoms with E-state index in [2.05, 4.69) is 28.9 Å². The first-order chi connectivity index (χ1) is 7.58. The van der Waals surface area contributed by atoms with E-state index in [1.807, 2.05) is 19.2 Å². The number of aromatic nitrogens is 4. The zero-order valence-electron chi connectivity index (χ0n) is 9.48. The number of pyridine rings is 1. The summed E-state index contributed by atoms with van der Waals surface area (Å²) in [5.74, 6) is 1.73. The Bertz CT molecular complexity index is 504. The fraction of sp³-hybridized carbons (Fsp3) is 0.364. The highest BCUT2D eigenvalue weighted by molar-refractivity contribution is 6.32. The van der Waals surface area contributed by atoms with Crippen molar-refractivity contribution in [1.29, 1.82) is 0 Å². The molecule has 0 N–H and O–H groups in total. The molecule has 0 radical (unpaired) electrons. The molecular formula is C11H13ClN4. The lowest BCUT2D eigenvalue weighted by molar-refractivity contribution is 0.814. The third-order valence-electron chi connectivity index (χ3n) is 2.33. The summed E-state index contributed by atoms with van der Waals surface area (Å²) in [6.07, 6.45) is 3.43. The molecule has 0 amide bonds. The van der Waals surface area contributed by atoms with Crippen molar-refractivity contribution in [3.8, 4) is 5.82 Å². The number of hydrogen-bond donors (Lipinski definition) is 0. The monoisotopic (exact) mass is 236 g/mol. The maximum atomic E-state index is 6.17. The van der Waals surface area contributed by atoms with Gasteiger partial charge in [0, 0.05) is 6.20 Å². The van der Waals surface area contributed by atoms with Crippen molar-refractivity contribution in [2.24, 2.45) is 0 Å². The molecule has 0 aliphatic rings. The Morgan fingerprint density at radius 2 is 2.06 bits per heavy atom. The molecule has 2 aromatic heterocycles. The molecule has 4 nitrogen and oxygen atoms in total. The second-order valence-electron chi connectivity index (χ2n) is 3.97. The Hall–Kier alpha value is -1.42. The van der Waals surface area contributed by atoms with Gasteiger partial charge < -0.3 is 0 Å². The summed E-state index contributed by atoms with van der Waals surface area (Å²) in [6.45, 7) is 6.03. The van der Waals surface area contributed by atoms with Crippen LogP contribution >= 0.6 is 11.6 Å². The predicted molar refractivity (Wildman–Crippen MR) is 63.0 cm³/mol. The quantitative estimate of drug-likeness (QED) is 0.805. The Labute approximate surface area is 99.3 Å². The van der Waals surface area contributed by atoms with Crippen LogP contribution in [0.25, 0.3) is 5.82 Å². The van der Waals surface area contributed by atoms with Crippen LogP contribution in [0.3, 0.4) is 0 Å². The van der Waals surface area contributed by atoms with E-state index in [-0.39, 0.29) is 0 Å².